The SMILES string of the molecule is O=C(NCc1ccc2c(c1)OCO2)NC1CC(=O)N(c2ccc(F)cc2)C1. The van der Waals surface area contributed by atoms with Crippen molar-refractivity contribution in [3.63, 3.8) is 0 Å². The molecule has 0 radical (unpaired) electrons. The molecule has 0 aliphatic carbocycles. The number of benzene rings is 2. The smallest absolute Gasteiger partial charge is 0.315 e. The molecule has 7 nitrogen and oxygen atoms in total. The number of ether oxygens (including phenoxy) is 2. The van der Waals surface area contributed by atoms with Crippen LogP contribution >= 0.6 is 0 Å². The maximum Gasteiger partial charge on any atom is 0.315 e. The first-order valence-electron chi connectivity index (χ1n) is 8.57. The van der Waals surface area contributed by atoms with Crippen LogP contribution in [0.3, 0.4) is 0 Å². The number of rotatable bonds is 4. The molecule has 27 heavy (non-hydrogen) atoms. The number of nitrogens with one attached hydrogen (secondary N) is 2. The maximum atomic E-state index is 13.0. The summed E-state index contributed by atoms with van der Waals surface area (Å²) in [5.74, 6) is 0.880. The first-order chi connectivity index (χ1) is 13.1. The Labute approximate surface area is 155 Å². The summed E-state index contributed by atoms with van der Waals surface area (Å²) in [5, 5.41) is 5.57. The van der Waals surface area contributed by atoms with E-state index in [-0.39, 0.29) is 37.0 Å². The van der Waals surface area contributed by atoms with Crippen LogP contribution in [0.4, 0.5) is 14.9 Å². The van der Waals surface area contributed by atoms with Crippen LogP contribution in [0, 0.1) is 5.82 Å². The summed E-state index contributed by atoms with van der Waals surface area (Å²) in [7, 11) is 0. The van der Waals surface area contributed by atoms with Gasteiger partial charge in [0.2, 0.25) is 12.7 Å². The summed E-state index contributed by atoms with van der Waals surface area (Å²) in [6.45, 7) is 0.875. The Morgan fingerprint density at radius 2 is 1.93 bits per heavy atom. The minimum atomic E-state index is -0.358. The standard InChI is InChI=1S/C19H18FN3O4/c20-13-2-4-15(5-3-13)23-10-14(8-18(23)24)22-19(25)21-9-12-1-6-16-17(7-12)27-11-26-16/h1-7,14H,8-11H2,(H2,21,22,25). The molecule has 0 spiro atoms. The summed E-state index contributed by atoms with van der Waals surface area (Å²) >= 11 is 0. The van der Waals surface area contributed by atoms with Crippen molar-refractivity contribution in [3.8, 4) is 11.5 Å². The Balaban J connectivity index is 1.29. The Morgan fingerprint density at radius 3 is 2.74 bits per heavy atom. The zero-order valence-corrected chi connectivity index (χ0v) is 14.4. The molecule has 0 bridgehead atoms. The summed E-state index contributed by atoms with van der Waals surface area (Å²) in [5.41, 5.74) is 1.50. The molecule has 2 aromatic rings. The highest BCUT2D eigenvalue weighted by atomic mass is 19.1. The van der Waals surface area contributed by atoms with Gasteiger partial charge in [0.05, 0.1) is 6.04 Å². The fraction of sp³-hybridized carbons (Fsp3) is 0.263. The van der Waals surface area contributed by atoms with Crippen molar-refractivity contribution in [2.45, 2.75) is 19.0 Å². The van der Waals surface area contributed by atoms with E-state index < -0.39 is 0 Å². The molecule has 3 amide bonds. The number of halogens is 1. The number of fused-ring (bicyclic) bond motifs is 1. The second-order valence-corrected chi connectivity index (χ2v) is 6.40. The molecule has 140 valence electrons. The van der Waals surface area contributed by atoms with Gasteiger partial charge < -0.3 is 25.0 Å². The van der Waals surface area contributed by atoms with Crippen molar-refractivity contribution < 1.29 is 23.5 Å². The number of carbonyl (C=O) groups is 2. The highest BCUT2D eigenvalue weighted by Gasteiger charge is 2.31. The van der Waals surface area contributed by atoms with E-state index in [0.29, 0.717) is 30.3 Å². The average Bonchev–Trinajstić information content (AvgIpc) is 3.26. The van der Waals surface area contributed by atoms with E-state index >= 15 is 0 Å². The van der Waals surface area contributed by atoms with Crippen LogP contribution < -0.4 is 25.0 Å². The lowest BCUT2D eigenvalue weighted by Crippen LogP contribution is -2.43. The van der Waals surface area contributed by atoms with Crippen molar-refractivity contribution in [3.05, 3.63) is 53.8 Å². The molecule has 1 atom stereocenters. The third-order valence-electron chi connectivity index (χ3n) is 4.49. The van der Waals surface area contributed by atoms with Crippen LogP contribution in [-0.4, -0.2) is 31.3 Å². The van der Waals surface area contributed by atoms with Gasteiger partial charge in [-0.25, -0.2) is 9.18 Å². The molecule has 0 aromatic heterocycles. The van der Waals surface area contributed by atoms with Gasteiger partial charge in [-0.1, -0.05) is 6.07 Å². The normalized spacial score (nSPS) is 17.9. The predicted molar refractivity (Wildman–Crippen MR) is 95.1 cm³/mol. The predicted octanol–water partition coefficient (Wildman–Crippen LogP) is 2.16. The lowest BCUT2D eigenvalue weighted by molar-refractivity contribution is -0.117. The van der Waals surface area contributed by atoms with Crippen molar-refractivity contribution in [1.29, 1.82) is 0 Å². The van der Waals surface area contributed by atoms with Gasteiger partial charge in [-0.3, -0.25) is 4.79 Å². The van der Waals surface area contributed by atoms with Crippen LogP contribution in [0.15, 0.2) is 42.5 Å². The molecule has 1 saturated heterocycles. The topological polar surface area (TPSA) is 79.9 Å². The van der Waals surface area contributed by atoms with Crippen molar-refractivity contribution in [2.24, 2.45) is 0 Å². The number of hydrogen-bond donors (Lipinski definition) is 2. The zero-order valence-electron chi connectivity index (χ0n) is 14.4. The summed E-state index contributed by atoms with van der Waals surface area (Å²) in [6, 6.07) is 10.5. The summed E-state index contributed by atoms with van der Waals surface area (Å²) in [6.07, 6.45) is 0.203. The molecule has 8 heteroatoms. The molecular weight excluding hydrogens is 353 g/mol. The molecule has 1 fully saturated rings. The maximum absolute atomic E-state index is 13.0. The Morgan fingerprint density at radius 1 is 1.15 bits per heavy atom. The largest absolute Gasteiger partial charge is 0.454 e. The average molecular weight is 371 g/mol. The van der Waals surface area contributed by atoms with E-state index in [0.717, 1.165) is 5.56 Å². The van der Waals surface area contributed by atoms with Crippen LogP contribution in [0.1, 0.15) is 12.0 Å². The van der Waals surface area contributed by atoms with Gasteiger partial charge in [-0.15, -0.1) is 0 Å². The number of carbonyl (C=O) groups excluding carboxylic acids is 2. The number of nitrogens with zero attached hydrogens (tertiary/aromatic N) is 1. The van der Waals surface area contributed by atoms with E-state index in [1.165, 1.54) is 12.1 Å². The lowest BCUT2D eigenvalue weighted by Gasteiger charge is -2.17. The van der Waals surface area contributed by atoms with Gasteiger partial charge in [0.1, 0.15) is 5.82 Å². The van der Waals surface area contributed by atoms with Gasteiger partial charge in [-0.2, -0.15) is 0 Å². The number of hydrogen-bond acceptors (Lipinski definition) is 4. The summed E-state index contributed by atoms with van der Waals surface area (Å²) in [4.78, 5) is 25.9. The van der Waals surface area contributed by atoms with Crippen LogP contribution in [0.2, 0.25) is 0 Å². The molecule has 2 heterocycles. The molecule has 2 aliphatic rings. The van der Waals surface area contributed by atoms with E-state index in [1.807, 2.05) is 12.1 Å². The molecule has 2 aliphatic heterocycles. The van der Waals surface area contributed by atoms with Gasteiger partial charge in [-0.05, 0) is 42.0 Å². The number of urea groups is 1. The third kappa shape index (κ3) is 3.79. The van der Waals surface area contributed by atoms with Crippen molar-refractivity contribution in [2.75, 3.05) is 18.2 Å². The molecule has 1 unspecified atom stereocenters. The quantitative estimate of drug-likeness (QED) is 0.863. The van der Waals surface area contributed by atoms with E-state index in [2.05, 4.69) is 10.6 Å². The highest BCUT2D eigenvalue weighted by Crippen LogP contribution is 2.32. The third-order valence-corrected chi connectivity index (χ3v) is 4.49. The second-order valence-electron chi connectivity index (χ2n) is 6.40. The van der Waals surface area contributed by atoms with Gasteiger partial charge in [0.25, 0.3) is 0 Å². The van der Waals surface area contributed by atoms with Gasteiger partial charge in [0, 0.05) is 25.2 Å². The molecule has 0 saturated carbocycles. The first kappa shape index (κ1) is 17.1. The van der Waals surface area contributed by atoms with E-state index in [9.17, 15) is 14.0 Å². The monoisotopic (exact) mass is 371 g/mol. The first-order valence-corrected chi connectivity index (χ1v) is 8.57. The van der Waals surface area contributed by atoms with Crippen molar-refractivity contribution in [1.82, 2.24) is 10.6 Å². The lowest BCUT2D eigenvalue weighted by atomic mass is 10.2. The van der Waals surface area contributed by atoms with Crippen LogP contribution in [-0.2, 0) is 11.3 Å². The molecule has 2 aromatic carbocycles. The number of anilines is 1. The summed E-state index contributed by atoms with van der Waals surface area (Å²) < 4.78 is 23.6. The fourth-order valence-electron chi connectivity index (χ4n) is 3.14. The molecular formula is C19H18FN3O4. The zero-order chi connectivity index (χ0) is 18.8. The van der Waals surface area contributed by atoms with Crippen molar-refractivity contribution >= 4 is 17.6 Å². The van der Waals surface area contributed by atoms with E-state index in [4.69, 9.17) is 9.47 Å². The number of amides is 3. The minimum Gasteiger partial charge on any atom is -0.454 e. The van der Waals surface area contributed by atoms with E-state index in [1.54, 1.807) is 23.1 Å². The van der Waals surface area contributed by atoms with Crippen LogP contribution in [0.5, 0.6) is 11.5 Å². The van der Waals surface area contributed by atoms with Crippen LogP contribution in [0.25, 0.3) is 0 Å². The van der Waals surface area contributed by atoms with Gasteiger partial charge in [0.15, 0.2) is 11.5 Å². The second kappa shape index (κ2) is 7.14. The Kier molecular flexibility index (Phi) is 4.53. The highest BCUT2D eigenvalue weighted by molar-refractivity contribution is 5.96. The van der Waals surface area contributed by atoms with Gasteiger partial charge >= 0.3 is 6.03 Å². The molecule has 4 rings (SSSR count). The Bertz CT molecular complexity index is 872. The fourth-order valence-corrected chi connectivity index (χ4v) is 3.14. The Hall–Kier alpha value is -3.29. The molecule has 2 N–H and O–H groups in total. The minimum absolute atomic E-state index is 0.109.